The van der Waals surface area contributed by atoms with Crippen LogP contribution in [-0.2, 0) is 0 Å². The van der Waals surface area contributed by atoms with Crippen molar-refractivity contribution in [1.29, 1.82) is 0 Å². The van der Waals surface area contributed by atoms with Crippen LogP contribution in [0.15, 0.2) is 175 Å². The number of hydrogen-bond donors (Lipinski definition) is 1. The Labute approximate surface area is 333 Å². The van der Waals surface area contributed by atoms with Gasteiger partial charge in [0, 0.05) is 61.3 Å². The van der Waals surface area contributed by atoms with Crippen LogP contribution in [0, 0.1) is 20.2 Å². The summed E-state index contributed by atoms with van der Waals surface area (Å²) < 4.78 is 4.20. The van der Waals surface area contributed by atoms with Gasteiger partial charge in [0.25, 0.3) is 16.9 Å². The maximum Gasteiger partial charge on any atom is 0.277 e. The fourth-order valence-electron chi connectivity index (χ4n) is 8.88. The first-order valence-corrected chi connectivity index (χ1v) is 19.0. The lowest BCUT2D eigenvalue weighted by atomic mass is 9.96. The van der Waals surface area contributed by atoms with Crippen LogP contribution < -0.4 is 5.56 Å². The Kier molecular flexibility index (Phi) is 7.38. The van der Waals surface area contributed by atoms with Gasteiger partial charge in [0.15, 0.2) is 0 Å². The quantitative estimate of drug-likeness (QED) is 0.102. The largest absolute Gasteiger partial charge is 0.321 e. The molecule has 0 atom stereocenters. The lowest BCUT2D eigenvalue weighted by molar-refractivity contribution is -0.384. The minimum absolute atomic E-state index is 0.0635. The molecule has 0 aliphatic heterocycles. The predicted octanol–water partition coefficient (Wildman–Crippen LogP) is 12.0. The van der Waals surface area contributed by atoms with Crippen molar-refractivity contribution in [2.45, 2.75) is 0 Å². The third kappa shape index (κ3) is 5.17. The Balaban J connectivity index is 1.05. The number of nitro benzene ring substituents is 2. The molecule has 3 aromatic heterocycles. The van der Waals surface area contributed by atoms with Crippen molar-refractivity contribution in [3.63, 3.8) is 0 Å². The third-order valence-corrected chi connectivity index (χ3v) is 11.5. The highest BCUT2D eigenvalue weighted by molar-refractivity contribution is 6.11. The van der Waals surface area contributed by atoms with Crippen molar-refractivity contribution in [2.75, 3.05) is 0 Å². The highest BCUT2D eigenvalue weighted by Gasteiger charge is 2.22. The van der Waals surface area contributed by atoms with Gasteiger partial charge in [-0.05, 0) is 77.2 Å². The molecule has 10 nitrogen and oxygen atoms in total. The second-order valence-corrected chi connectivity index (χ2v) is 14.6. The molecule has 0 spiro atoms. The van der Waals surface area contributed by atoms with E-state index in [2.05, 4.69) is 38.4 Å². The first-order chi connectivity index (χ1) is 28.8. The van der Waals surface area contributed by atoms with Gasteiger partial charge in [-0.1, -0.05) is 97.1 Å². The Morgan fingerprint density at radius 3 is 1.25 bits per heavy atom. The zero-order valence-electron chi connectivity index (χ0n) is 31.0. The number of para-hydroxylation sites is 4. The first kappa shape index (κ1) is 33.9. The smallest absolute Gasteiger partial charge is 0.277 e. The molecule has 0 aliphatic carbocycles. The highest BCUT2D eigenvalue weighted by Crippen LogP contribution is 2.40. The van der Waals surface area contributed by atoms with Crippen LogP contribution in [0.3, 0.4) is 0 Å². The molecule has 1 N–H and O–H groups in total. The zero-order valence-corrected chi connectivity index (χ0v) is 31.0. The zero-order chi connectivity index (χ0) is 39.9. The number of nitrogens with zero attached hydrogens (tertiary/aromatic N) is 4. The number of nitro groups is 2. The van der Waals surface area contributed by atoms with E-state index >= 15 is 0 Å². The van der Waals surface area contributed by atoms with Gasteiger partial charge in [0.05, 0.1) is 43.0 Å². The van der Waals surface area contributed by atoms with Crippen molar-refractivity contribution in [3.8, 4) is 33.6 Å². The first-order valence-electron chi connectivity index (χ1n) is 19.0. The fourth-order valence-corrected chi connectivity index (χ4v) is 8.88. The Morgan fingerprint density at radius 1 is 0.407 bits per heavy atom. The molecule has 280 valence electrons. The van der Waals surface area contributed by atoms with Crippen LogP contribution in [0.5, 0.6) is 0 Å². The predicted molar refractivity (Wildman–Crippen MR) is 235 cm³/mol. The molecule has 11 rings (SSSR count). The number of pyridine rings is 1. The average molecular weight is 768 g/mol. The summed E-state index contributed by atoms with van der Waals surface area (Å²) in [6, 6.07) is 53.2. The molecule has 0 amide bonds. The Morgan fingerprint density at radius 2 is 0.814 bits per heavy atom. The summed E-state index contributed by atoms with van der Waals surface area (Å²) in [6.45, 7) is 0. The normalized spacial score (nSPS) is 11.7. The van der Waals surface area contributed by atoms with E-state index in [0.717, 1.165) is 60.4 Å². The number of H-pyrrole nitrogens is 1. The van der Waals surface area contributed by atoms with Gasteiger partial charge in [-0.3, -0.25) is 25.0 Å². The summed E-state index contributed by atoms with van der Waals surface area (Å²) in [4.78, 5) is 41.0. The van der Waals surface area contributed by atoms with E-state index in [1.165, 1.54) is 12.1 Å². The van der Waals surface area contributed by atoms with Gasteiger partial charge in [-0.15, -0.1) is 0 Å². The molecule has 0 unspecified atom stereocenters. The van der Waals surface area contributed by atoms with Crippen LogP contribution in [0.4, 0.5) is 11.4 Å². The molecule has 11 aromatic rings. The van der Waals surface area contributed by atoms with Crippen molar-refractivity contribution in [3.05, 3.63) is 200 Å². The van der Waals surface area contributed by atoms with E-state index < -0.39 is 9.85 Å². The topological polar surface area (TPSA) is 129 Å². The summed E-state index contributed by atoms with van der Waals surface area (Å²) in [7, 11) is 0. The molecule has 0 bridgehead atoms. The van der Waals surface area contributed by atoms with Crippen LogP contribution in [0.2, 0.25) is 0 Å². The fraction of sp³-hybridized carbons (Fsp3) is 0. The molecule has 59 heavy (non-hydrogen) atoms. The summed E-state index contributed by atoms with van der Waals surface area (Å²) in [5.41, 5.74) is 7.24. The van der Waals surface area contributed by atoms with Gasteiger partial charge in [-0.2, -0.15) is 0 Å². The highest BCUT2D eigenvalue weighted by atomic mass is 16.6. The van der Waals surface area contributed by atoms with Crippen molar-refractivity contribution in [1.82, 2.24) is 14.1 Å². The second kappa shape index (κ2) is 12.8. The van der Waals surface area contributed by atoms with Gasteiger partial charge in [0.2, 0.25) is 0 Å². The molecule has 0 saturated carbocycles. The number of aromatic amines is 1. The van der Waals surface area contributed by atoms with Crippen LogP contribution >= 0.6 is 0 Å². The van der Waals surface area contributed by atoms with E-state index in [4.69, 9.17) is 0 Å². The lowest BCUT2D eigenvalue weighted by Crippen LogP contribution is -2.07. The summed E-state index contributed by atoms with van der Waals surface area (Å²) in [6.07, 6.45) is 0. The maximum absolute atomic E-state index is 13.9. The number of hydrogen-bond acceptors (Lipinski definition) is 5. The van der Waals surface area contributed by atoms with Crippen LogP contribution in [0.25, 0.3) is 98.9 Å². The monoisotopic (exact) mass is 767 g/mol. The summed E-state index contributed by atoms with van der Waals surface area (Å²) >= 11 is 0. The van der Waals surface area contributed by atoms with E-state index in [-0.39, 0.29) is 16.9 Å². The number of nitrogens with one attached hydrogen (secondary N) is 1. The Hall–Kier alpha value is -8.37. The molecule has 0 aliphatic rings. The third-order valence-electron chi connectivity index (χ3n) is 11.5. The van der Waals surface area contributed by atoms with E-state index in [1.54, 1.807) is 36.4 Å². The molecule has 3 heterocycles. The molecular formula is C49H29N5O5. The molecular weight excluding hydrogens is 739 g/mol. The van der Waals surface area contributed by atoms with Gasteiger partial charge in [-0.25, -0.2) is 0 Å². The van der Waals surface area contributed by atoms with Crippen LogP contribution in [-0.4, -0.2) is 24.0 Å². The number of rotatable bonds is 6. The number of benzene rings is 8. The average Bonchev–Trinajstić information content (AvgIpc) is 3.79. The summed E-state index contributed by atoms with van der Waals surface area (Å²) in [5, 5.41) is 30.9. The van der Waals surface area contributed by atoms with Gasteiger partial charge in [0.1, 0.15) is 0 Å². The molecule has 0 radical (unpaired) electrons. The van der Waals surface area contributed by atoms with Gasteiger partial charge >= 0.3 is 0 Å². The van der Waals surface area contributed by atoms with Crippen molar-refractivity contribution in [2.24, 2.45) is 0 Å². The van der Waals surface area contributed by atoms with Crippen molar-refractivity contribution < 1.29 is 9.85 Å². The second-order valence-electron chi connectivity index (χ2n) is 14.6. The molecule has 10 heteroatoms. The Bertz CT molecular complexity index is 3570. The SMILES string of the molecule is O=c1[nH]c2cc(-c3cc(-n4c5ccccc5c5ccccc54)ccc3[N+](=O)[O-])ccc2c2ccc(-c3cc(-n4c5ccccc5c5ccccc54)ccc3[N+](=O)[O-])cc12. The number of aromatic nitrogens is 3. The molecule has 0 saturated heterocycles. The maximum atomic E-state index is 13.9. The van der Waals surface area contributed by atoms with E-state index in [1.807, 2.05) is 97.1 Å². The van der Waals surface area contributed by atoms with E-state index in [0.29, 0.717) is 38.5 Å². The number of fused-ring (bicyclic) bond motifs is 9. The molecule has 0 fully saturated rings. The van der Waals surface area contributed by atoms with Crippen molar-refractivity contribution >= 4 is 76.7 Å². The minimum atomic E-state index is -0.406. The minimum Gasteiger partial charge on any atom is -0.321 e. The van der Waals surface area contributed by atoms with E-state index in [9.17, 15) is 25.0 Å². The standard InChI is InChI=1S/C49H29N5O5/c55-49-41-25-29(39-27-31(19-23-47(39)53(56)57)51-43-13-5-1-9-35(43)36-10-2-6-14-44(36)51)17-21-33(41)34-22-18-30(26-42(34)50-49)40-28-32(20-24-48(40)54(58)59)52-45-15-7-3-11-37(45)38-12-4-8-16-46(38)52/h1-28H,(H,50,55). The summed E-state index contributed by atoms with van der Waals surface area (Å²) in [5.74, 6) is 0. The van der Waals surface area contributed by atoms with Crippen LogP contribution in [0.1, 0.15) is 0 Å². The lowest BCUT2D eigenvalue weighted by Gasteiger charge is -2.13. The molecule has 8 aromatic carbocycles. The van der Waals surface area contributed by atoms with Gasteiger partial charge < -0.3 is 14.1 Å².